The summed E-state index contributed by atoms with van der Waals surface area (Å²) < 4.78 is 5.83. The summed E-state index contributed by atoms with van der Waals surface area (Å²) >= 11 is 0. The lowest BCUT2D eigenvalue weighted by molar-refractivity contribution is 0.0733. The third kappa shape index (κ3) is 2.62. The first-order chi connectivity index (χ1) is 11.7. The maximum absolute atomic E-state index is 12.9. The summed E-state index contributed by atoms with van der Waals surface area (Å²) in [5.74, 6) is 1.47. The SMILES string of the molecule is Cc1oc(-c2ccccc2)cc1C(=O)N1CCc2ccccc2C1. The van der Waals surface area contributed by atoms with Crippen LogP contribution in [0.4, 0.5) is 0 Å². The molecule has 1 amide bonds. The zero-order valence-corrected chi connectivity index (χ0v) is 13.7. The van der Waals surface area contributed by atoms with E-state index in [2.05, 4.69) is 18.2 Å². The highest BCUT2D eigenvalue weighted by Crippen LogP contribution is 2.27. The number of carbonyl (C=O) groups is 1. The van der Waals surface area contributed by atoms with Gasteiger partial charge < -0.3 is 9.32 Å². The van der Waals surface area contributed by atoms with Gasteiger partial charge >= 0.3 is 0 Å². The molecule has 0 atom stereocenters. The smallest absolute Gasteiger partial charge is 0.257 e. The first kappa shape index (κ1) is 14.8. The van der Waals surface area contributed by atoms with Crippen molar-refractivity contribution < 1.29 is 9.21 Å². The molecule has 24 heavy (non-hydrogen) atoms. The summed E-state index contributed by atoms with van der Waals surface area (Å²) in [5, 5.41) is 0. The quantitative estimate of drug-likeness (QED) is 0.699. The Kier molecular flexibility index (Phi) is 3.69. The fraction of sp³-hybridized carbons (Fsp3) is 0.190. The van der Waals surface area contributed by atoms with Crippen molar-refractivity contribution in [3.05, 3.63) is 83.1 Å². The van der Waals surface area contributed by atoms with Crippen molar-refractivity contribution in [3.8, 4) is 11.3 Å². The van der Waals surface area contributed by atoms with Gasteiger partial charge in [0.15, 0.2) is 0 Å². The van der Waals surface area contributed by atoms with Gasteiger partial charge in [-0.25, -0.2) is 0 Å². The number of furan rings is 1. The highest BCUT2D eigenvalue weighted by Gasteiger charge is 2.25. The fourth-order valence-electron chi connectivity index (χ4n) is 3.28. The number of nitrogens with zero attached hydrogens (tertiary/aromatic N) is 1. The molecule has 4 rings (SSSR count). The van der Waals surface area contributed by atoms with Crippen LogP contribution < -0.4 is 0 Å². The average Bonchev–Trinajstić information content (AvgIpc) is 3.03. The standard InChI is InChI=1S/C21H19NO2/c1-15-19(13-20(24-15)17-8-3-2-4-9-17)21(23)22-12-11-16-7-5-6-10-18(16)14-22/h2-10,13H,11-12,14H2,1H3. The molecule has 2 heterocycles. The minimum absolute atomic E-state index is 0.0490. The Labute approximate surface area is 141 Å². The van der Waals surface area contributed by atoms with Gasteiger partial charge in [-0.3, -0.25) is 4.79 Å². The maximum atomic E-state index is 12.9. The Bertz CT molecular complexity index is 880. The average molecular weight is 317 g/mol. The lowest BCUT2D eigenvalue weighted by atomic mass is 9.99. The van der Waals surface area contributed by atoms with Crippen LogP contribution in [0.15, 0.2) is 65.1 Å². The number of amides is 1. The van der Waals surface area contributed by atoms with Gasteiger partial charge in [0.05, 0.1) is 5.56 Å². The summed E-state index contributed by atoms with van der Waals surface area (Å²) in [4.78, 5) is 14.9. The molecule has 1 aliphatic heterocycles. The van der Waals surface area contributed by atoms with Crippen LogP contribution in [0.1, 0.15) is 27.2 Å². The van der Waals surface area contributed by atoms with Crippen LogP contribution in [-0.4, -0.2) is 17.4 Å². The molecule has 0 radical (unpaired) electrons. The minimum atomic E-state index is 0.0490. The van der Waals surface area contributed by atoms with Gasteiger partial charge in [-0.2, -0.15) is 0 Å². The molecule has 120 valence electrons. The van der Waals surface area contributed by atoms with E-state index >= 15 is 0 Å². The van der Waals surface area contributed by atoms with Crippen molar-refractivity contribution in [2.45, 2.75) is 19.9 Å². The Morgan fingerprint density at radius 3 is 2.50 bits per heavy atom. The Morgan fingerprint density at radius 2 is 1.71 bits per heavy atom. The summed E-state index contributed by atoms with van der Waals surface area (Å²) in [6, 6.07) is 20.1. The molecule has 0 fully saturated rings. The molecule has 0 unspecified atom stereocenters. The number of carbonyl (C=O) groups excluding carboxylic acids is 1. The molecular formula is C21H19NO2. The van der Waals surface area contributed by atoms with E-state index in [9.17, 15) is 4.79 Å². The van der Waals surface area contributed by atoms with Crippen LogP contribution in [0.3, 0.4) is 0 Å². The molecule has 0 spiro atoms. The largest absolute Gasteiger partial charge is 0.461 e. The van der Waals surface area contributed by atoms with Crippen LogP contribution in [0, 0.1) is 6.92 Å². The van der Waals surface area contributed by atoms with E-state index in [1.807, 2.05) is 54.3 Å². The van der Waals surface area contributed by atoms with Crippen LogP contribution in [-0.2, 0) is 13.0 Å². The fourth-order valence-corrected chi connectivity index (χ4v) is 3.28. The molecule has 2 aromatic carbocycles. The van der Waals surface area contributed by atoms with E-state index in [0.717, 1.165) is 24.3 Å². The lowest BCUT2D eigenvalue weighted by Gasteiger charge is -2.28. The molecular weight excluding hydrogens is 298 g/mol. The molecule has 3 heteroatoms. The highest BCUT2D eigenvalue weighted by molar-refractivity contribution is 5.96. The second-order valence-electron chi connectivity index (χ2n) is 6.19. The number of benzene rings is 2. The van der Waals surface area contributed by atoms with Crippen molar-refractivity contribution in [1.82, 2.24) is 4.90 Å². The molecule has 1 aromatic heterocycles. The van der Waals surface area contributed by atoms with E-state index < -0.39 is 0 Å². The summed E-state index contributed by atoms with van der Waals surface area (Å²) in [5.41, 5.74) is 4.23. The number of fused-ring (bicyclic) bond motifs is 1. The van der Waals surface area contributed by atoms with E-state index in [4.69, 9.17) is 4.42 Å². The lowest BCUT2D eigenvalue weighted by Crippen LogP contribution is -2.36. The molecule has 3 aromatic rings. The highest BCUT2D eigenvalue weighted by atomic mass is 16.3. The number of hydrogen-bond acceptors (Lipinski definition) is 2. The van der Waals surface area contributed by atoms with Crippen LogP contribution in [0.5, 0.6) is 0 Å². The van der Waals surface area contributed by atoms with Crippen LogP contribution in [0.25, 0.3) is 11.3 Å². The van der Waals surface area contributed by atoms with Crippen molar-refractivity contribution in [3.63, 3.8) is 0 Å². The molecule has 0 saturated heterocycles. The molecule has 1 aliphatic rings. The van der Waals surface area contributed by atoms with E-state index in [-0.39, 0.29) is 5.91 Å². The Hall–Kier alpha value is -2.81. The first-order valence-electron chi connectivity index (χ1n) is 8.24. The summed E-state index contributed by atoms with van der Waals surface area (Å²) in [6.45, 7) is 3.28. The zero-order chi connectivity index (χ0) is 16.5. The van der Waals surface area contributed by atoms with Crippen molar-refractivity contribution >= 4 is 5.91 Å². The van der Waals surface area contributed by atoms with E-state index in [1.54, 1.807) is 0 Å². The number of aryl methyl sites for hydroxylation is 1. The van der Waals surface area contributed by atoms with Gasteiger partial charge in [0, 0.05) is 18.7 Å². The van der Waals surface area contributed by atoms with Crippen LogP contribution >= 0.6 is 0 Å². The van der Waals surface area contributed by atoms with Gasteiger partial charge in [-0.05, 0) is 30.5 Å². The number of hydrogen-bond donors (Lipinski definition) is 0. The van der Waals surface area contributed by atoms with Gasteiger partial charge in [-0.1, -0.05) is 54.6 Å². The second-order valence-corrected chi connectivity index (χ2v) is 6.19. The predicted octanol–water partition coefficient (Wildman–Crippen LogP) is 4.45. The van der Waals surface area contributed by atoms with Gasteiger partial charge in [-0.15, -0.1) is 0 Å². The van der Waals surface area contributed by atoms with Crippen molar-refractivity contribution in [1.29, 1.82) is 0 Å². The van der Waals surface area contributed by atoms with Crippen molar-refractivity contribution in [2.24, 2.45) is 0 Å². The minimum Gasteiger partial charge on any atom is -0.461 e. The van der Waals surface area contributed by atoms with Crippen LogP contribution in [0.2, 0.25) is 0 Å². The predicted molar refractivity (Wildman–Crippen MR) is 93.8 cm³/mol. The van der Waals surface area contributed by atoms with E-state index in [1.165, 1.54) is 11.1 Å². The maximum Gasteiger partial charge on any atom is 0.257 e. The molecule has 0 bridgehead atoms. The summed E-state index contributed by atoms with van der Waals surface area (Å²) in [7, 11) is 0. The topological polar surface area (TPSA) is 33.5 Å². The molecule has 0 aliphatic carbocycles. The Balaban J connectivity index is 1.61. The van der Waals surface area contributed by atoms with Gasteiger partial charge in [0.1, 0.15) is 11.5 Å². The third-order valence-electron chi connectivity index (χ3n) is 4.62. The summed E-state index contributed by atoms with van der Waals surface area (Å²) in [6.07, 6.45) is 0.907. The van der Waals surface area contributed by atoms with Crippen molar-refractivity contribution in [2.75, 3.05) is 6.54 Å². The third-order valence-corrected chi connectivity index (χ3v) is 4.62. The van der Waals surface area contributed by atoms with Gasteiger partial charge in [0.25, 0.3) is 5.91 Å². The van der Waals surface area contributed by atoms with E-state index in [0.29, 0.717) is 17.9 Å². The Morgan fingerprint density at radius 1 is 1.00 bits per heavy atom. The number of rotatable bonds is 2. The molecule has 3 nitrogen and oxygen atoms in total. The monoisotopic (exact) mass is 317 g/mol. The normalized spacial score (nSPS) is 13.6. The molecule has 0 saturated carbocycles. The van der Waals surface area contributed by atoms with Gasteiger partial charge in [0.2, 0.25) is 0 Å². The zero-order valence-electron chi connectivity index (χ0n) is 13.7. The second kappa shape index (κ2) is 6.00. The molecule has 0 N–H and O–H groups in total. The first-order valence-corrected chi connectivity index (χ1v) is 8.24.